The molecule has 6 nitrogen and oxygen atoms in total. The van der Waals surface area contributed by atoms with Crippen LogP contribution in [0.4, 0.5) is 19.0 Å². The molecule has 0 saturated carbocycles. The van der Waals surface area contributed by atoms with Crippen molar-refractivity contribution in [3.63, 3.8) is 0 Å². The molecule has 0 unspecified atom stereocenters. The number of alkyl halides is 1. The van der Waals surface area contributed by atoms with E-state index in [9.17, 15) is 8.78 Å². The molecule has 0 N–H and O–H groups in total. The predicted octanol–water partition coefficient (Wildman–Crippen LogP) is 6.30. The molecular weight excluding hydrogens is 539 g/mol. The van der Waals surface area contributed by atoms with Crippen LogP contribution in [-0.4, -0.2) is 64.3 Å². The Balaban J connectivity index is 1.36. The average molecular weight is 572 g/mol. The van der Waals surface area contributed by atoms with Crippen LogP contribution in [0.2, 0.25) is 0 Å². The Labute approximate surface area is 242 Å². The Kier molecular flexibility index (Phi) is 6.69. The molecule has 0 amide bonds. The van der Waals surface area contributed by atoms with Gasteiger partial charge in [-0.3, -0.25) is 9.88 Å². The van der Waals surface area contributed by atoms with Crippen molar-refractivity contribution in [2.75, 3.05) is 37.7 Å². The highest BCUT2D eigenvalue weighted by Crippen LogP contribution is 2.41. The van der Waals surface area contributed by atoms with Gasteiger partial charge in [0.2, 0.25) is 0 Å². The normalized spacial score (nSPS) is 24.3. The van der Waals surface area contributed by atoms with Crippen molar-refractivity contribution < 1.29 is 17.9 Å². The van der Waals surface area contributed by atoms with Crippen LogP contribution in [0.25, 0.3) is 32.9 Å². The van der Waals surface area contributed by atoms with E-state index < -0.39 is 23.3 Å². The number of halogens is 3. The summed E-state index contributed by atoms with van der Waals surface area (Å²) in [5.74, 6) is 2.24. The maximum atomic E-state index is 16.6. The van der Waals surface area contributed by atoms with Gasteiger partial charge in [0.1, 0.15) is 35.6 Å². The van der Waals surface area contributed by atoms with Crippen molar-refractivity contribution in [2.45, 2.75) is 50.7 Å². The summed E-state index contributed by atoms with van der Waals surface area (Å²) in [5.41, 5.74) is 0.146. The number of ether oxygens (including phenoxy) is 1. The van der Waals surface area contributed by atoms with Gasteiger partial charge in [-0.15, -0.1) is 6.42 Å². The molecule has 7 rings (SSSR count). The van der Waals surface area contributed by atoms with Gasteiger partial charge >= 0.3 is 6.01 Å². The molecule has 0 radical (unpaired) electrons. The average Bonchev–Trinajstić information content (AvgIpc) is 3.51. The summed E-state index contributed by atoms with van der Waals surface area (Å²) in [5, 5.41) is 1.58. The third-order valence-corrected chi connectivity index (χ3v) is 9.23. The number of hydrogen-bond donors (Lipinski definition) is 0. The zero-order valence-electron chi connectivity index (χ0n) is 23.5. The van der Waals surface area contributed by atoms with Gasteiger partial charge in [-0.1, -0.05) is 37.1 Å². The van der Waals surface area contributed by atoms with Crippen LogP contribution >= 0.6 is 0 Å². The number of pyridine rings is 1. The minimum absolute atomic E-state index is 0.0226. The Hall–Kier alpha value is -3.90. The standard InChI is InChI=1S/C33H32F3N5O/c1-3-23-26(35)11-10-21-8-4-9-24(27(21)23)29-28(36)30-25(16-37-29)31(40-13-5-7-20(2)17-40)39-32(38-30)42-19-33-12-6-14-41(33)18-22(34)15-33/h1,4,8-11,16,20,22H,5-7,12-15,17-19H2,2H3/t20-,22-,33+/m1/s1. The minimum atomic E-state index is -0.888. The number of nitrogens with zero attached hydrogens (tertiary/aromatic N) is 5. The van der Waals surface area contributed by atoms with Crippen LogP contribution in [0.5, 0.6) is 6.01 Å². The van der Waals surface area contributed by atoms with Crippen molar-refractivity contribution in [2.24, 2.45) is 5.92 Å². The molecule has 0 aliphatic carbocycles. The molecule has 3 fully saturated rings. The summed E-state index contributed by atoms with van der Waals surface area (Å²) >= 11 is 0. The zero-order valence-corrected chi connectivity index (χ0v) is 23.5. The fraction of sp³-hybridized carbons (Fsp3) is 0.424. The molecule has 3 saturated heterocycles. The highest BCUT2D eigenvalue weighted by molar-refractivity contribution is 6.02. The lowest BCUT2D eigenvalue weighted by Gasteiger charge is -2.33. The molecule has 3 aliphatic heterocycles. The first-order chi connectivity index (χ1) is 20.4. The van der Waals surface area contributed by atoms with E-state index in [2.05, 4.69) is 32.6 Å². The van der Waals surface area contributed by atoms with Crippen LogP contribution in [-0.2, 0) is 0 Å². The second kappa shape index (κ2) is 10.4. The first-order valence-corrected chi connectivity index (χ1v) is 14.7. The molecule has 0 bridgehead atoms. The van der Waals surface area contributed by atoms with Gasteiger partial charge in [0, 0.05) is 43.2 Å². The Morgan fingerprint density at radius 1 is 1.12 bits per heavy atom. The molecule has 0 spiro atoms. The number of terminal acetylenes is 1. The number of aromatic nitrogens is 3. The molecule has 2 aromatic heterocycles. The summed E-state index contributed by atoms with van der Waals surface area (Å²) in [6.07, 6.45) is 10.7. The molecule has 3 aliphatic rings. The summed E-state index contributed by atoms with van der Waals surface area (Å²) < 4.78 is 51.9. The fourth-order valence-corrected chi connectivity index (χ4v) is 7.24. The summed E-state index contributed by atoms with van der Waals surface area (Å²) in [7, 11) is 0. The molecule has 216 valence electrons. The van der Waals surface area contributed by atoms with Crippen molar-refractivity contribution in [1.29, 1.82) is 0 Å². The number of piperidine rings is 1. The lowest BCUT2D eigenvalue weighted by atomic mass is 9.95. The van der Waals surface area contributed by atoms with E-state index in [0.717, 1.165) is 45.3 Å². The third-order valence-electron chi connectivity index (χ3n) is 9.23. The van der Waals surface area contributed by atoms with Crippen LogP contribution in [0, 0.1) is 29.9 Å². The Morgan fingerprint density at radius 3 is 2.83 bits per heavy atom. The SMILES string of the molecule is C#Cc1c(F)ccc2cccc(-c3ncc4c(N5CCC[C@@H](C)C5)nc(OC[C@@]56CCCN5C[C@H](F)C6)nc4c3F)c12. The van der Waals surface area contributed by atoms with Crippen molar-refractivity contribution in [1.82, 2.24) is 19.9 Å². The van der Waals surface area contributed by atoms with Crippen LogP contribution < -0.4 is 9.64 Å². The second-order valence-corrected chi connectivity index (χ2v) is 12.0. The summed E-state index contributed by atoms with van der Waals surface area (Å²) in [6, 6.07) is 8.25. The first kappa shape index (κ1) is 27.0. The molecule has 5 heterocycles. The Bertz CT molecular complexity index is 1740. The minimum Gasteiger partial charge on any atom is -0.461 e. The number of anilines is 1. The maximum Gasteiger partial charge on any atom is 0.319 e. The van der Waals surface area contributed by atoms with Crippen LogP contribution in [0.15, 0.2) is 36.5 Å². The number of rotatable bonds is 5. The van der Waals surface area contributed by atoms with Gasteiger partial charge < -0.3 is 9.64 Å². The molecular formula is C33H32F3N5O. The van der Waals surface area contributed by atoms with E-state index in [4.69, 9.17) is 16.1 Å². The van der Waals surface area contributed by atoms with E-state index in [0.29, 0.717) is 46.4 Å². The van der Waals surface area contributed by atoms with Crippen molar-refractivity contribution >= 4 is 27.5 Å². The van der Waals surface area contributed by atoms with Crippen LogP contribution in [0.3, 0.4) is 0 Å². The van der Waals surface area contributed by atoms with Gasteiger partial charge in [0.25, 0.3) is 0 Å². The zero-order chi connectivity index (χ0) is 29.0. The van der Waals surface area contributed by atoms with E-state index in [1.165, 1.54) is 6.07 Å². The largest absolute Gasteiger partial charge is 0.461 e. The fourth-order valence-electron chi connectivity index (χ4n) is 7.24. The molecule has 4 aromatic rings. The lowest BCUT2D eigenvalue weighted by Crippen LogP contribution is -2.43. The van der Waals surface area contributed by atoms with E-state index in [-0.39, 0.29) is 29.4 Å². The van der Waals surface area contributed by atoms with Gasteiger partial charge in [-0.25, -0.2) is 13.2 Å². The molecule has 42 heavy (non-hydrogen) atoms. The van der Waals surface area contributed by atoms with Gasteiger partial charge in [0.15, 0.2) is 5.82 Å². The second-order valence-electron chi connectivity index (χ2n) is 12.0. The van der Waals surface area contributed by atoms with E-state index >= 15 is 4.39 Å². The maximum absolute atomic E-state index is 16.6. The molecule has 2 aromatic carbocycles. The summed E-state index contributed by atoms with van der Waals surface area (Å²) in [6.45, 7) is 5.22. The van der Waals surface area contributed by atoms with E-state index in [1.807, 2.05) is 0 Å². The van der Waals surface area contributed by atoms with Gasteiger partial charge in [-0.05, 0) is 49.6 Å². The number of benzene rings is 2. The summed E-state index contributed by atoms with van der Waals surface area (Å²) in [4.78, 5) is 18.2. The van der Waals surface area contributed by atoms with Gasteiger partial charge in [-0.2, -0.15) is 9.97 Å². The van der Waals surface area contributed by atoms with Gasteiger partial charge in [0.05, 0.1) is 16.5 Å². The van der Waals surface area contributed by atoms with Crippen LogP contribution in [0.1, 0.15) is 44.6 Å². The molecule has 9 heteroatoms. The molecule has 3 atom stereocenters. The third kappa shape index (κ3) is 4.44. The predicted molar refractivity (Wildman–Crippen MR) is 157 cm³/mol. The van der Waals surface area contributed by atoms with Crippen molar-refractivity contribution in [3.05, 3.63) is 53.7 Å². The highest BCUT2D eigenvalue weighted by Gasteiger charge is 2.49. The Morgan fingerprint density at radius 2 is 2.00 bits per heavy atom. The topological polar surface area (TPSA) is 54.4 Å². The quantitative estimate of drug-likeness (QED) is 0.262. The van der Waals surface area contributed by atoms with E-state index in [1.54, 1.807) is 30.5 Å². The van der Waals surface area contributed by atoms with Crippen molar-refractivity contribution in [3.8, 4) is 29.6 Å². The lowest BCUT2D eigenvalue weighted by molar-refractivity contribution is 0.107. The number of fused-ring (bicyclic) bond motifs is 3. The monoisotopic (exact) mass is 571 g/mol. The smallest absolute Gasteiger partial charge is 0.319 e. The first-order valence-electron chi connectivity index (χ1n) is 14.7. The highest BCUT2D eigenvalue weighted by atomic mass is 19.1. The number of hydrogen-bond acceptors (Lipinski definition) is 6.